The summed E-state index contributed by atoms with van der Waals surface area (Å²) in [4.78, 5) is 6.77. The SMILES string of the molecule is CN=C(NCc1cccc(OC)c1)NCC1CN(CC(C)C)CCO1. The quantitative estimate of drug-likeness (QED) is 0.580. The van der Waals surface area contributed by atoms with Gasteiger partial charge >= 0.3 is 0 Å². The summed E-state index contributed by atoms with van der Waals surface area (Å²) >= 11 is 0. The summed E-state index contributed by atoms with van der Waals surface area (Å²) in [6.45, 7) is 9.89. The first-order valence-corrected chi connectivity index (χ1v) is 9.02. The molecule has 6 nitrogen and oxygen atoms in total. The van der Waals surface area contributed by atoms with Gasteiger partial charge in [-0.3, -0.25) is 9.89 Å². The number of hydrogen-bond donors (Lipinski definition) is 2. The average molecular weight is 348 g/mol. The van der Waals surface area contributed by atoms with E-state index >= 15 is 0 Å². The van der Waals surface area contributed by atoms with Crippen molar-refractivity contribution in [1.82, 2.24) is 15.5 Å². The number of nitrogens with one attached hydrogen (secondary N) is 2. The van der Waals surface area contributed by atoms with Crippen LogP contribution in [-0.4, -0.2) is 63.9 Å². The predicted octanol–water partition coefficient (Wildman–Crippen LogP) is 1.72. The highest BCUT2D eigenvalue weighted by atomic mass is 16.5. The first-order chi connectivity index (χ1) is 12.1. The molecule has 0 amide bonds. The number of aliphatic imine (C=N–C) groups is 1. The molecule has 1 heterocycles. The largest absolute Gasteiger partial charge is 0.497 e. The second-order valence-electron chi connectivity index (χ2n) is 6.80. The highest BCUT2D eigenvalue weighted by molar-refractivity contribution is 5.79. The fourth-order valence-corrected chi connectivity index (χ4v) is 2.99. The third-order valence-electron chi connectivity index (χ3n) is 4.16. The van der Waals surface area contributed by atoms with Crippen LogP contribution < -0.4 is 15.4 Å². The minimum absolute atomic E-state index is 0.197. The van der Waals surface area contributed by atoms with Crippen molar-refractivity contribution in [3.05, 3.63) is 29.8 Å². The molecule has 1 aliphatic rings. The number of ether oxygens (including phenoxy) is 2. The van der Waals surface area contributed by atoms with E-state index in [1.165, 1.54) is 0 Å². The van der Waals surface area contributed by atoms with E-state index in [0.717, 1.165) is 50.1 Å². The monoisotopic (exact) mass is 348 g/mol. The highest BCUT2D eigenvalue weighted by Gasteiger charge is 2.21. The zero-order valence-electron chi connectivity index (χ0n) is 15.9. The number of benzene rings is 1. The number of methoxy groups -OCH3 is 1. The Morgan fingerprint density at radius 3 is 2.96 bits per heavy atom. The zero-order chi connectivity index (χ0) is 18.1. The first-order valence-electron chi connectivity index (χ1n) is 9.02. The van der Waals surface area contributed by atoms with Gasteiger partial charge in [-0.2, -0.15) is 0 Å². The van der Waals surface area contributed by atoms with Gasteiger partial charge in [0.15, 0.2) is 5.96 Å². The molecule has 25 heavy (non-hydrogen) atoms. The number of hydrogen-bond acceptors (Lipinski definition) is 4. The van der Waals surface area contributed by atoms with Crippen molar-refractivity contribution in [2.75, 3.05) is 46.9 Å². The van der Waals surface area contributed by atoms with E-state index in [1.807, 2.05) is 18.2 Å². The molecule has 0 spiro atoms. The fourth-order valence-electron chi connectivity index (χ4n) is 2.99. The summed E-state index contributed by atoms with van der Waals surface area (Å²) in [6, 6.07) is 8.02. The number of morpholine rings is 1. The zero-order valence-corrected chi connectivity index (χ0v) is 15.9. The molecule has 0 aromatic heterocycles. The molecule has 0 saturated carbocycles. The van der Waals surface area contributed by atoms with E-state index in [9.17, 15) is 0 Å². The van der Waals surface area contributed by atoms with Crippen LogP contribution in [0.2, 0.25) is 0 Å². The van der Waals surface area contributed by atoms with E-state index in [1.54, 1.807) is 14.2 Å². The Balaban J connectivity index is 1.76. The molecule has 1 fully saturated rings. The Labute approximate surface area is 151 Å². The summed E-state index contributed by atoms with van der Waals surface area (Å²) < 4.78 is 11.1. The van der Waals surface area contributed by atoms with Gasteiger partial charge in [-0.25, -0.2) is 0 Å². The van der Waals surface area contributed by atoms with Gasteiger partial charge in [-0.1, -0.05) is 26.0 Å². The first kappa shape index (κ1) is 19.5. The third-order valence-corrected chi connectivity index (χ3v) is 4.16. The van der Waals surface area contributed by atoms with Gasteiger partial charge in [0.1, 0.15) is 5.75 Å². The fraction of sp³-hybridized carbons (Fsp3) is 0.632. The van der Waals surface area contributed by atoms with Gasteiger partial charge in [0.25, 0.3) is 0 Å². The van der Waals surface area contributed by atoms with Crippen molar-refractivity contribution < 1.29 is 9.47 Å². The van der Waals surface area contributed by atoms with E-state index in [-0.39, 0.29) is 6.10 Å². The second-order valence-corrected chi connectivity index (χ2v) is 6.80. The predicted molar refractivity (Wildman–Crippen MR) is 102 cm³/mol. The van der Waals surface area contributed by atoms with E-state index in [2.05, 4.69) is 40.4 Å². The van der Waals surface area contributed by atoms with Gasteiger partial charge in [0, 0.05) is 39.8 Å². The van der Waals surface area contributed by atoms with Gasteiger partial charge in [0.2, 0.25) is 0 Å². The molecule has 6 heteroatoms. The summed E-state index contributed by atoms with van der Waals surface area (Å²) in [5.74, 6) is 2.33. The topological polar surface area (TPSA) is 58.1 Å². The molecule has 1 aromatic carbocycles. The lowest BCUT2D eigenvalue weighted by Crippen LogP contribution is -2.50. The third kappa shape index (κ3) is 6.92. The maximum atomic E-state index is 5.87. The smallest absolute Gasteiger partial charge is 0.191 e. The van der Waals surface area contributed by atoms with E-state index in [0.29, 0.717) is 12.5 Å². The van der Waals surface area contributed by atoms with Gasteiger partial charge in [-0.15, -0.1) is 0 Å². The lowest BCUT2D eigenvalue weighted by Gasteiger charge is -2.34. The highest BCUT2D eigenvalue weighted by Crippen LogP contribution is 2.12. The van der Waals surface area contributed by atoms with Crippen LogP contribution in [0.1, 0.15) is 19.4 Å². The number of rotatable bonds is 7. The Kier molecular flexibility index (Phi) is 8.01. The standard InChI is InChI=1S/C19H32N4O2/c1-15(2)13-23-8-9-25-18(14-23)12-22-19(20-3)21-11-16-6-5-7-17(10-16)24-4/h5-7,10,15,18H,8-9,11-14H2,1-4H3,(H2,20,21,22). The number of nitrogens with zero attached hydrogens (tertiary/aromatic N) is 2. The maximum absolute atomic E-state index is 5.87. The van der Waals surface area contributed by atoms with Crippen molar-refractivity contribution >= 4 is 5.96 Å². The van der Waals surface area contributed by atoms with E-state index in [4.69, 9.17) is 9.47 Å². The van der Waals surface area contributed by atoms with Crippen LogP contribution in [0.25, 0.3) is 0 Å². The van der Waals surface area contributed by atoms with Crippen LogP contribution in [0.3, 0.4) is 0 Å². The molecular weight excluding hydrogens is 316 g/mol. The van der Waals surface area contributed by atoms with Gasteiger partial charge in [-0.05, 0) is 23.6 Å². The molecule has 0 bridgehead atoms. The lowest BCUT2D eigenvalue weighted by atomic mass is 10.2. The van der Waals surface area contributed by atoms with Crippen molar-refractivity contribution in [2.45, 2.75) is 26.5 Å². The van der Waals surface area contributed by atoms with Crippen molar-refractivity contribution in [1.29, 1.82) is 0 Å². The Morgan fingerprint density at radius 1 is 1.40 bits per heavy atom. The maximum Gasteiger partial charge on any atom is 0.191 e. The molecule has 1 atom stereocenters. The molecule has 140 valence electrons. The summed E-state index contributed by atoms with van der Waals surface area (Å²) in [7, 11) is 3.47. The summed E-state index contributed by atoms with van der Waals surface area (Å²) in [5.41, 5.74) is 1.15. The van der Waals surface area contributed by atoms with Crippen LogP contribution in [0.4, 0.5) is 0 Å². The molecule has 1 unspecified atom stereocenters. The summed E-state index contributed by atoms with van der Waals surface area (Å²) in [6.07, 6.45) is 0.197. The molecule has 1 aliphatic heterocycles. The average Bonchev–Trinajstić information content (AvgIpc) is 2.62. The van der Waals surface area contributed by atoms with Crippen LogP contribution in [-0.2, 0) is 11.3 Å². The number of guanidine groups is 1. The normalized spacial score (nSPS) is 19.1. The second kappa shape index (κ2) is 10.3. The Bertz CT molecular complexity index is 548. The van der Waals surface area contributed by atoms with Crippen molar-refractivity contribution in [2.24, 2.45) is 10.9 Å². The summed E-state index contributed by atoms with van der Waals surface area (Å²) in [5, 5.41) is 6.70. The molecule has 2 N–H and O–H groups in total. The van der Waals surface area contributed by atoms with Gasteiger partial charge in [0.05, 0.1) is 19.8 Å². The molecule has 2 rings (SSSR count). The van der Waals surface area contributed by atoms with Crippen LogP contribution in [0.5, 0.6) is 5.75 Å². The molecule has 1 saturated heterocycles. The minimum Gasteiger partial charge on any atom is -0.497 e. The molecular formula is C19H32N4O2. The van der Waals surface area contributed by atoms with Crippen LogP contribution in [0, 0.1) is 5.92 Å². The Morgan fingerprint density at radius 2 is 2.24 bits per heavy atom. The molecule has 0 radical (unpaired) electrons. The van der Waals surface area contributed by atoms with Crippen LogP contribution in [0.15, 0.2) is 29.3 Å². The van der Waals surface area contributed by atoms with E-state index < -0.39 is 0 Å². The van der Waals surface area contributed by atoms with Crippen molar-refractivity contribution in [3.8, 4) is 5.75 Å². The molecule has 0 aliphatic carbocycles. The lowest BCUT2D eigenvalue weighted by molar-refractivity contribution is -0.0284. The molecule has 1 aromatic rings. The van der Waals surface area contributed by atoms with Crippen molar-refractivity contribution in [3.63, 3.8) is 0 Å². The Hall–Kier alpha value is -1.79. The minimum atomic E-state index is 0.197. The van der Waals surface area contributed by atoms with Crippen LogP contribution >= 0.6 is 0 Å². The van der Waals surface area contributed by atoms with Gasteiger partial charge < -0.3 is 20.1 Å².